The highest BCUT2D eigenvalue weighted by Crippen LogP contribution is 2.12. The zero-order chi connectivity index (χ0) is 12.8. The molecule has 0 radical (unpaired) electrons. The van der Waals surface area contributed by atoms with E-state index in [4.69, 9.17) is 0 Å². The summed E-state index contributed by atoms with van der Waals surface area (Å²) in [4.78, 5) is 8.44. The zero-order valence-corrected chi connectivity index (χ0v) is 11.6. The van der Waals surface area contributed by atoms with E-state index in [9.17, 15) is 4.21 Å². The smallest absolute Gasteiger partial charge is 0.224 e. The number of nitrogens with one attached hydrogen (secondary N) is 2. The van der Waals surface area contributed by atoms with Crippen LogP contribution < -0.4 is 10.6 Å². The molecular formula is C11H20N4OS. The van der Waals surface area contributed by atoms with Crippen molar-refractivity contribution in [3.05, 3.63) is 11.8 Å². The fourth-order valence-electron chi connectivity index (χ4n) is 1.30. The van der Waals surface area contributed by atoms with Crippen molar-refractivity contribution in [2.45, 2.75) is 25.5 Å². The number of hydrogen-bond donors (Lipinski definition) is 2. The van der Waals surface area contributed by atoms with Crippen LogP contribution >= 0.6 is 0 Å². The molecule has 1 aromatic rings. The van der Waals surface area contributed by atoms with E-state index in [0.717, 1.165) is 24.3 Å². The quantitative estimate of drug-likeness (QED) is 0.805. The molecule has 0 aliphatic heterocycles. The Morgan fingerprint density at radius 2 is 2.24 bits per heavy atom. The molecule has 0 aliphatic carbocycles. The molecule has 2 N–H and O–H groups in total. The predicted octanol–water partition coefficient (Wildman–Crippen LogP) is 1.40. The Kier molecular flexibility index (Phi) is 5.34. The van der Waals surface area contributed by atoms with Gasteiger partial charge in [0.05, 0.1) is 0 Å². The second-order valence-corrected chi connectivity index (χ2v) is 5.80. The lowest BCUT2D eigenvalue weighted by Crippen LogP contribution is -2.16. The molecule has 0 aromatic carbocycles. The maximum absolute atomic E-state index is 11.2. The van der Waals surface area contributed by atoms with Crippen LogP contribution in [0.15, 0.2) is 6.20 Å². The lowest BCUT2D eigenvalue weighted by Gasteiger charge is -2.11. The van der Waals surface area contributed by atoms with Crippen LogP contribution in [0.4, 0.5) is 11.8 Å². The number of aryl methyl sites for hydroxylation is 1. The molecule has 0 aliphatic rings. The van der Waals surface area contributed by atoms with Gasteiger partial charge in [-0.05, 0) is 13.3 Å². The first-order valence-electron chi connectivity index (χ1n) is 5.62. The van der Waals surface area contributed by atoms with Crippen molar-refractivity contribution in [3.63, 3.8) is 0 Å². The van der Waals surface area contributed by atoms with Gasteiger partial charge in [-0.25, -0.2) is 4.98 Å². The fourth-order valence-corrected chi connectivity index (χ4v) is 1.75. The van der Waals surface area contributed by atoms with Gasteiger partial charge >= 0.3 is 0 Å². The third-order valence-corrected chi connectivity index (χ3v) is 3.97. The third kappa shape index (κ3) is 4.30. The van der Waals surface area contributed by atoms with Gasteiger partial charge in [-0.2, -0.15) is 4.98 Å². The van der Waals surface area contributed by atoms with Gasteiger partial charge in [-0.3, -0.25) is 4.21 Å². The van der Waals surface area contributed by atoms with Gasteiger partial charge < -0.3 is 10.6 Å². The maximum atomic E-state index is 11.2. The Bertz CT molecular complexity index is 397. The lowest BCUT2D eigenvalue weighted by atomic mass is 10.3. The summed E-state index contributed by atoms with van der Waals surface area (Å²) >= 11 is 0. The molecule has 1 heterocycles. The molecule has 0 saturated heterocycles. The van der Waals surface area contributed by atoms with Crippen molar-refractivity contribution in [1.29, 1.82) is 0 Å². The van der Waals surface area contributed by atoms with Crippen LogP contribution in [0.2, 0.25) is 0 Å². The molecule has 1 aromatic heterocycles. The number of anilines is 2. The molecule has 0 fully saturated rings. The topological polar surface area (TPSA) is 66.9 Å². The summed E-state index contributed by atoms with van der Waals surface area (Å²) in [6.07, 6.45) is 4.38. The van der Waals surface area contributed by atoms with E-state index in [0.29, 0.717) is 5.95 Å². The Labute approximate surface area is 105 Å². The normalized spacial score (nSPS) is 14.1. The van der Waals surface area contributed by atoms with E-state index in [-0.39, 0.29) is 5.25 Å². The van der Waals surface area contributed by atoms with Crippen LogP contribution in [0.25, 0.3) is 0 Å². The first kappa shape index (κ1) is 13.9. The number of nitrogens with zero attached hydrogens (tertiary/aromatic N) is 2. The molecule has 96 valence electrons. The number of aromatic nitrogens is 2. The van der Waals surface area contributed by atoms with E-state index in [1.807, 2.05) is 13.8 Å². The summed E-state index contributed by atoms with van der Waals surface area (Å²) in [5.74, 6) is 1.43. The predicted molar refractivity (Wildman–Crippen MR) is 73.0 cm³/mol. The minimum Gasteiger partial charge on any atom is -0.370 e. The van der Waals surface area contributed by atoms with Crippen LogP contribution in [0, 0.1) is 6.92 Å². The molecule has 2 atom stereocenters. The molecule has 0 saturated carbocycles. The first-order chi connectivity index (χ1) is 8.04. The summed E-state index contributed by atoms with van der Waals surface area (Å²) in [6.45, 7) is 4.72. The van der Waals surface area contributed by atoms with Crippen molar-refractivity contribution in [1.82, 2.24) is 9.97 Å². The van der Waals surface area contributed by atoms with Crippen LogP contribution in [0.1, 0.15) is 18.9 Å². The lowest BCUT2D eigenvalue weighted by molar-refractivity contribution is 0.672. The second-order valence-electron chi connectivity index (χ2n) is 4.00. The van der Waals surface area contributed by atoms with Gasteiger partial charge in [-0.15, -0.1) is 0 Å². The van der Waals surface area contributed by atoms with Gasteiger partial charge in [0.1, 0.15) is 5.82 Å². The monoisotopic (exact) mass is 256 g/mol. The highest BCUT2D eigenvalue weighted by atomic mass is 32.2. The molecule has 1 rings (SSSR count). The van der Waals surface area contributed by atoms with Gasteiger partial charge in [0.15, 0.2) is 0 Å². The number of rotatable bonds is 6. The summed E-state index contributed by atoms with van der Waals surface area (Å²) in [5.41, 5.74) is 1.01. The van der Waals surface area contributed by atoms with E-state index in [2.05, 4.69) is 20.6 Å². The Balaban J connectivity index is 2.54. The molecule has 2 unspecified atom stereocenters. The summed E-state index contributed by atoms with van der Waals surface area (Å²) < 4.78 is 11.2. The average Bonchev–Trinajstić information content (AvgIpc) is 2.31. The largest absolute Gasteiger partial charge is 0.370 e. The highest BCUT2D eigenvalue weighted by Gasteiger charge is 2.07. The molecule has 5 nitrogen and oxygen atoms in total. The minimum atomic E-state index is -0.765. The maximum Gasteiger partial charge on any atom is 0.224 e. The SMILES string of the molecule is CNc1ncc(C)c(NCCC(C)S(C)=O)n1. The minimum absolute atomic E-state index is 0.202. The third-order valence-electron chi connectivity index (χ3n) is 2.61. The summed E-state index contributed by atoms with van der Waals surface area (Å²) in [5, 5.41) is 6.35. The van der Waals surface area contributed by atoms with Crippen LogP contribution in [0.5, 0.6) is 0 Å². The van der Waals surface area contributed by atoms with Crippen molar-refractivity contribution in [3.8, 4) is 0 Å². The van der Waals surface area contributed by atoms with E-state index in [1.165, 1.54) is 0 Å². The van der Waals surface area contributed by atoms with Gasteiger partial charge in [-0.1, -0.05) is 6.92 Å². The Morgan fingerprint density at radius 1 is 1.53 bits per heavy atom. The Morgan fingerprint density at radius 3 is 2.82 bits per heavy atom. The van der Waals surface area contributed by atoms with Crippen molar-refractivity contribution >= 4 is 22.6 Å². The van der Waals surface area contributed by atoms with E-state index >= 15 is 0 Å². The van der Waals surface area contributed by atoms with Gasteiger partial charge in [0, 0.05) is 47.7 Å². The van der Waals surface area contributed by atoms with Crippen molar-refractivity contribution in [2.75, 3.05) is 30.5 Å². The standard InChI is InChI=1S/C11H20N4OS/c1-8-7-14-11(12-3)15-10(8)13-6-5-9(2)17(4)16/h7,9H,5-6H2,1-4H3,(H2,12,13,14,15). The van der Waals surface area contributed by atoms with Crippen molar-refractivity contribution in [2.24, 2.45) is 0 Å². The highest BCUT2D eigenvalue weighted by molar-refractivity contribution is 7.84. The molecular weight excluding hydrogens is 236 g/mol. The molecule has 6 heteroatoms. The number of hydrogen-bond acceptors (Lipinski definition) is 5. The van der Waals surface area contributed by atoms with Crippen LogP contribution in [-0.2, 0) is 10.8 Å². The fraction of sp³-hybridized carbons (Fsp3) is 0.636. The first-order valence-corrected chi connectivity index (χ1v) is 7.24. The molecule has 0 spiro atoms. The van der Waals surface area contributed by atoms with Gasteiger partial charge in [0.25, 0.3) is 0 Å². The molecule has 0 bridgehead atoms. The zero-order valence-electron chi connectivity index (χ0n) is 10.8. The summed E-state index contributed by atoms with van der Waals surface area (Å²) in [7, 11) is 1.02. The summed E-state index contributed by atoms with van der Waals surface area (Å²) in [6, 6.07) is 0. The van der Waals surface area contributed by atoms with E-state index < -0.39 is 10.8 Å². The molecule has 17 heavy (non-hydrogen) atoms. The Hall–Kier alpha value is -1.17. The van der Waals surface area contributed by atoms with Crippen LogP contribution in [-0.4, -0.2) is 39.3 Å². The van der Waals surface area contributed by atoms with E-state index in [1.54, 1.807) is 19.5 Å². The van der Waals surface area contributed by atoms with Crippen molar-refractivity contribution < 1.29 is 4.21 Å². The average molecular weight is 256 g/mol. The molecule has 0 amide bonds. The second kappa shape index (κ2) is 6.54. The van der Waals surface area contributed by atoms with Gasteiger partial charge in [0.2, 0.25) is 5.95 Å². The van der Waals surface area contributed by atoms with Crippen LogP contribution in [0.3, 0.4) is 0 Å².